The molecule has 0 amide bonds. The van der Waals surface area contributed by atoms with Crippen molar-refractivity contribution >= 4 is 22.4 Å². The molecule has 4 unspecified atom stereocenters. The molecule has 0 bridgehead atoms. The van der Waals surface area contributed by atoms with Gasteiger partial charge in [-0.05, 0) is 98.9 Å². The second-order valence-electron chi connectivity index (χ2n) is 9.24. The van der Waals surface area contributed by atoms with E-state index in [1.165, 1.54) is 12.1 Å². The molecule has 178 valence electrons. The molecule has 2 aliphatic heterocycles. The van der Waals surface area contributed by atoms with Crippen LogP contribution in [0.5, 0.6) is 0 Å². The van der Waals surface area contributed by atoms with E-state index < -0.39 is 22.7 Å². The number of benzene rings is 2. The van der Waals surface area contributed by atoms with Crippen LogP contribution in [0.3, 0.4) is 0 Å². The standard InChI is InChI=1S/C25H29F3N2O2S/c1-17-30(20-8-6-19(7-9-20)25(26,27)28)24-11-10-21(33(31)29-12-2-3-13-29)16-23(24)22-15-18(22)5-4-14-32-17/h6-11,16-18,22H,2-5,12-15H2,1H3. The van der Waals surface area contributed by atoms with Gasteiger partial charge in [0.2, 0.25) is 0 Å². The SMILES string of the molecule is CC1OCCCC2CC2c2cc(S(=O)N3CCCC3)ccc2N1c1ccc(C(F)(F)F)cc1. The van der Waals surface area contributed by atoms with Gasteiger partial charge in [0, 0.05) is 31.1 Å². The number of alkyl halides is 3. The molecule has 1 saturated heterocycles. The molecule has 0 aromatic heterocycles. The van der Waals surface area contributed by atoms with Crippen LogP contribution in [0.1, 0.15) is 56.1 Å². The average Bonchev–Trinajstić information content (AvgIpc) is 3.35. The van der Waals surface area contributed by atoms with Crippen molar-refractivity contribution in [2.24, 2.45) is 5.92 Å². The third-order valence-electron chi connectivity index (χ3n) is 7.00. The van der Waals surface area contributed by atoms with Crippen LogP contribution in [0.15, 0.2) is 47.4 Å². The van der Waals surface area contributed by atoms with Crippen molar-refractivity contribution in [3.8, 4) is 0 Å². The highest BCUT2D eigenvalue weighted by Gasteiger charge is 2.41. The number of hydrogen-bond acceptors (Lipinski definition) is 3. The van der Waals surface area contributed by atoms with Gasteiger partial charge in [0.15, 0.2) is 0 Å². The molecule has 4 atom stereocenters. The van der Waals surface area contributed by atoms with Crippen molar-refractivity contribution in [1.29, 1.82) is 0 Å². The maximum absolute atomic E-state index is 13.2. The molecule has 33 heavy (non-hydrogen) atoms. The number of ether oxygens (including phenoxy) is 1. The molecule has 1 saturated carbocycles. The summed E-state index contributed by atoms with van der Waals surface area (Å²) in [7, 11) is -1.19. The molecular weight excluding hydrogens is 449 g/mol. The second kappa shape index (κ2) is 9.04. The summed E-state index contributed by atoms with van der Waals surface area (Å²) in [5, 5.41) is 0. The lowest BCUT2D eigenvalue weighted by Gasteiger charge is -2.34. The van der Waals surface area contributed by atoms with Gasteiger partial charge in [-0.1, -0.05) is 0 Å². The number of hydrogen-bond donors (Lipinski definition) is 0. The molecular formula is C25H29F3N2O2S. The number of nitrogens with zero attached hydrogens (tertiary/aromatic N) is 2. The molecule has 2 fully saturated rings. The Kier molecular flexibility index (Phi) is 6.27. The molecule has 2 heterocycles. The van der Waals surface area contributed by atoms with Gasteiger partial charge in [-0.2, -0.15) is 13.2 Å². The predicted octanol–water partition coefficient (Wildman–Crippen LogP) is 6.22. The molecule has 0 radical (unpaired) electrons. The second-order valence-corrected chi connectivity index (χ2v) is 10.7. The quantitative estimate of drug-likeness (QED) is 0.525. The summed E-state index contributed by atoms with van der Waals surface area (Å²) in [5.41, 5.74) is 2.05. The number of fused-ring (bicyclic) bond motifs is 3. The fraction of sp³-hybridized carbons (Fsp3) is 0.520. The first kappa shape index (κ1) is 22.9. The molecule has 5 rings (SSSR count). The Morgan fingerprint density at radius 2 is 1.76 bits per heavy atom. The van der Waals surface area contributed by atoms with E-state index in [0.29, 0.717) is 24.1 Å². The fourth-order valence-electron chi connectivity index (χ4n) is 5.14. The topological polar surface area (TPSA) is 32.8 Å². The van der Waals surface area contributed by atoms with E-state index in [1.807, 2.05) is 28.3 Å². The Bertz CT molecular complexity index is 1020. The van der Waals surface area contributed by atoms with Gasteiger partial charge < -0.3 is 9.64 Å². The molecule has 0 N–H and O–H groups in total. The highest BCUT2D eigenvalue weighted by molar-refractivity contribution is 7.82. The maximum atomic E-state index is 13.2. The van der Waals surface area contributed by atoms with Crippen LogP contribution >= 0.6 is 0 Å². The van der Waals surface area contributed by atoms with Crippen LogP contribution in [0.4, 0.5) is 24.5 Å². The Morgan fingerprint density at radius 3 is 2.45 bits per heavy atom. The third kappa shape index (κ3) is 4.70. The fourth-order valence-corrected chi connectivity index (χ4v) is 6.44. The zero-order chi connectivity index (χ0) is 23.2. The Morgan fingerprint density at radius 1 is 1.03 bits per heavy atom. The van der Waals surface area contributed by atoms with E-state index in [4.69, 9.17) is 4.74 Å². The van der Waals surface area contributed by atoms with E-state index in [9.17, 15) is 17.4 Å². The van der Waals surface area contributed by atoms with Crippen LogP contribution in [0.2, 0.25) is 0 Å². The summed E-state index contributed by atoms with van der Waals surface area (Å²) in [6, 6.07) is 11.2. The Labute approximate surface area is 195 Å². The van der Waals surface area contributed by atoms with Crippen molar-refractivity contribution in [3.05, 3.63) is 53.6 Å². The summed E-state index contributed by atoms with van der Waals surface area (Å²) >= 11 is 0. The summed E-state index contributed by atoms with van der Waals surface area (Å²) in [4.78, 5) is 2.79. The van der Waals surface area contributed by atoms with Gasteiger partial charge in [-0.25, -0.2) is 8.51 Å². The van der Waals surface area contributed by atoms with Crippen molar-refractivity contribution < 1.29 is 22.1 Å². The lowest BCUT2D eigenvalue weighted by molar-refractivity contribution is -0.137. The smallest absolute Gasteiger partial charge is 0.358 e. The summed E-state index contributed by atoms with van der Waals surface area (Å²) in [6.45, 7) is 4.24. The van der Waals surface area contributed by atoms with Crippen LogP contribution in [-0.2, 0) is 21.9 Å². The highest BCUT2D eigenvalue weighted by atomic mass is 32.2. The van der Waals surface area contributed by atoms with Gasteiger partial charge in [0.05, 0.1) is 10.5 Å². The molecule has 2 aromatic carbocycles. The minimum atomic E-state index is -4.38. The predicted molar refractivity (Wildman–Crippen MR) is 123 cm³/mol. The van der Waals surface area contributed by atoms with E-state index in [-0.39, 0.29) is 6.23 Å². The van der Waals surface area contributed by atoms with Crippen molar-refractivity contribution in [2.45, 2.75) is 62.2 Å². The van der Waals surface area contributed by atoms with Crippen LogP contribution in [-0.4, -0.2) is 34.4 Å². The molecule has 1 aliphatic carbocycles. The number of rotatable bonds is 3. The first-order valence-electron chi connectivity index (χ1n) is 11.7. The average molecular weight is 479 g/mol. The summed E-state index contributed by atoms with van der Waals surface area (Å²) < 4.78 is 60.7. The minimum absolute atomic E-state index is 0.342. The van der Waals surface area contributed by atoms with Gasteiger partial charge in [-0.15, -0.1) is 0 Å². The number of anilines is 2. The van der Waals surface area contributed by atoms with Gasteiger partial charge in [-0.3, -0.25) is 0 Å². The Hall–Kier alpha value is -1.90. The van der Waals surface area contributed by atoms with E-state index in [1.54, 1.807) is 0 Å². The highest BCUT2D eigenvalue weighted by Crippen LogP contribution is 2.54. The monoisotopic (exact) mass is 478 g/mol. The van der Waals surface area contributed by atoms with Crippen molar-refractivity contribution in [1.82, 2.24) is 4.31 Å². The third-order valence-corrected chi connectivity index (χ3v) is 8.49. The molecule has 2 aromatic rings. The van der Waals surface area contributed by atoms with Crippen LogP contribution in [0, 0.1) is 5.92 Å². The summed E-state index contributed by atoms with van der Waals surface area (Å²) in [5.74, 6) is 0.962. The minimum Gasteiger partial charge on any atom is -0.358 e. The van der Waals surface area contributed by atoms with Crippen LogP contribution in [0.25, 0.3) is 0 Å². The lowest BCUT2D eigenvalue weighted by Crippen LogP contribution is -2.32. The maximum Gasteiger partial charge on any atom is 0.416 e. The van der Waals surface area contributed by atoms with E-state index in [0.717, 1.165) is 73.5 Å². The summed E-state index contributed by atoms with van der Waals surface area (Å²) in [6.07, 6.45) is 0.556. The molecule has 0 spiro atoms. The van der Waals surface area contributed by atoms with E-state index >= 15 is 0 Å². The first-order chi connectivity index (χ1) is 15.8. The van der Waals surface area contributed by atoms with Crippen molar-refractivity contribution in [2.75, 3.05) is 24.6 Å². The largest absolute Gasteiger partial charge is 0.416 e. The van der Waals surface area contributed by atoms with Gasteiger partial charge in [0.25, 0.3) is 0 Å². The zero-order valence-corrected chi connectivity index (χ0v) is 19.5. The Balaban J connectivity index is 1.56. The zero-order valence-electron chi connectivity index (χ0n) is 18.7. The molecule has 3 aliphatic rings. The lowest BCUT2D eigenvalue weighted by atomic mass is 10.0. The van der Waals surface area contributed by atoms with Crippen LogP contribution < -0.4 is 4.90 Å². The first-order valence-corrected chi connectivity index (χ1v) is 12.8. The normalized spacial score (nSPS) is 27.0. The molecule has 4 nitrogen and oxygen atoms in total. The number of halogens is 3. The molecule has 8 heteroatoms. The van der Waals surface area contributed by atoms with Gasteiger partial charge >= 0.3 is 6.18 Å². The van der Waals surface area contributed by atoms with Gasteiger partial charge in [0.1, 0.15) is 17.2 Å². The van der Waals surface area contributed by atoms with E-state index in [2.05, 4.69) is 6.07 Å². The van der Waals surface area contributed by atoms with Crippen molar-refractivity contribution in [3.63, 3.8) is 0 Å².